The van der Waals surface area contributed by atoms with Crippen LogP contribution in [0.15, 0.2) is 36.4 Å². The van der Waals surface area contributed by atoms with Crippen LogP contribution in [0.3, 0.4) is 0 Å². The molecule has 0 bridgehead atoms. The second kappa shape index (κ2) is 4.68. The topological polar surface area (TPSA) is 35.2 Å². The van der Waals surface area contributed by atoms with Gasteiger partial charge in [-0.25, -0.2) is 0 Å². The van der Waals surface area contributed by atoms with Crippen LogP contribution in [0.25, 0.3) is 0 Å². The number of para-hydroxylation sites is 1. The minimum atomic E-state index is 0.511. The number of benzene rings is 2. The Morgan fingerprint density at radius 3 is 2.47 bits per heavy atom. The van der Waals surface area contributed by atoms with Crippen molar-refractivity contribution in [1.29, 1.82) is 0 Å². The van der Waals surface area contributed by atoms with Gasteiger partial charge in [0.15, 0.2) is 5.75 Å². The summed E-state index contributed by atoms with van der Waals surface area (Å²) in [6.07, 6.45) is 0. The van der Waals surface area contributed by atoms with Crippen LogP contribution < -0.4 is 10.5 Å². The van der Waals surface area contributed by atoms with E-state index in [1.807, 2.05) is 25.1 Å². The van der Waals surface area contributed by atoms with E-state index in [4.69, 9.17) is 22.1 Å². The van der Waals surface area contributed by atoms with Crippen molar-refractivity contribution in [2.75, 3.05) is 5.73 Å². The zero-order valence-electron chi connectivity index (χ0n) is 9.83. The van der Waals surface area contributed by atoms with E-state index in [9.17, 15) is 0 Å². The van der Waals surface area contributed by atoms with Crippen LogP contribution >= 0.6 is 11.6 Å². The summed E-state index contributed by atoms with van der Waals surface area (Å²) in [6, 6.07) is 11.2. The molecule has 0 saturated carbocycles. The van der Waals surface area contributed by atoms with E-state index in [0.717, 1.165) is 5.75 Å². The van der Waals surface area contributed by atoms with Crippen molar-refractivity contribution in [2.24, 2.45) is 0 Å². The lowest BCUT2D eigenvalue weighted by molar-refractivity contribution is 0.485. The summed E-state index contributed by atoms with van der Waals surface area (Å²) in [5, 5.41) is 0.517. The van der Waals surface area contributed by atoms with Gasteiger partial charge < -0.3 is 10.5 Å². The molecular weight excluding hydrogens is 234 g/mol. The fraction of sp³-hybridized carbons (Fsp3) is 0.143. The molecule has 17 heavy (non-hydrogen) atoms. The summed E-state index contributed by atoms with van der Waals surface area (Å²) in [7, 11) is 0. The molecule has 2 rings (SSSR count). The fourth-order valence-electron chi connectivity index (χ4n) is 1.53. The molecule has 2 aromatic rings. The summed E-state index contributed by atoms with van der Waals surface area (Å²) in [6.45, 7) is 4.10. The van der Waals surface area contributed by atoms with Crippen LogP contribution in [-0.2, 0) is 0 Å². The molecule has 0 fully saturated rings. The molecule has 0 heterocycles. The Bertz CT molecular complexity index is 532. The first kappa shape index (κ1) is 11.8. The fourth-order valence-corrected chi connectivity index (χ4v) is 1.75. The highest BCUT2D eigenvalue weighted by Crippen LogP contribution is 2.34. The number of ether oxygens (including phenoxy) is 1. The summed E-state index contributed by atoms with van der Waals surface area (Å²) >= 11 is 6.05. The number of nitrogen functional groups attached to an aromatic ring is 1. The van der Waals surface area contributed by atoms with Gasteiger partial charge in [-0.15, -0.1) is 0 Å². The highest BCUT2D eigenvalue weighted by Gasteiger charge is 2.07. The second-order valence-electron chi connectivity index (χ2n) is 4.01. The standard InChI is InChI=1S/C14H14ClNO/c1-9-6-7-11(8-10(9)2)17-14-12(15)4-3-5-13(14)16/h3-8H,16H2,1-2H3. The molecule has 0 radical (unpaired) electrons. The van der Waals surface area contributed by atoms with Crippen LogP contribution in [0.2, 0.25) is 5.02 Å². The number of rotatable bonds is 2. The van der Waals surface area contributed by atoms with E-state index in [-0.39, 0.29) is 0 Å². The second-order valence-corrected chi connectivity index (χ2v) is 4.41. The third-order valence-corrected chi connectivity index (χ3v) is 2.99. The molecule has 0 atom stereocenters. The lowest BCUT2D eigenvalue weighted by Crippen LogP contribution is -1.93. The highest BCUT2D eigenvalue weighted by atomic mass is 35.5. The number of hydrogen-bond acceptors (Lipinski definition) is 2. The SMILES string of the molecule is Cc1ccc(Oc2c(N)cccc2Cl)cc1C. The summed E-state index contributed by atoms with van der Waals surface area (Å²) in [4.78, 5) is 0. The predicted molar refractivity (Wildman–Crippen MR) is 71.9 cm³/mol. The predicted octanol–water partition coefficient (Wildman–Crippen LogP) is 4.33. The quantitative estimate of drug-likeness (QED) is 0.802. The third-order valence-electron chi connectivity index (χ3n) is 2.70. The summed E-state index contributed by atoms with van der Waals surface area (Å²) in [5.41, 5.74) is 8.77. The molecule has 3 heteroatoms. The molecule has 88 valence electrons. The monoisotopic (exact) mass is 247 g/mol. The van der Waals surface area contributed by atoms with Crippen molar-refractivity contribution in [2.45, 2.75) is 13.8 Å². The van der Waals surface area contributed by atoms with Crippen LogP contribution in [0.1, 0.15) is 11.1 Å². The van der Waals surface area contributed by atoms with Gasteiger partial charge in [-0.3, -0.25) is 0 Å². The molecule has 0 amide bonds. The Morgan fingerprint density at radius 2 is 1.82 bits per heavy atom. The molecule has 0 aliphatic rings. The zero-order chi connectivity index (χ0) is 12.4. The zero-order valence-corrected chi connectivity index (χ0v) is 10.6. The van der Waals surface area contributed by atoms with E-state index in [2.05, 4.69) is 6.92 Å². The van der Waals surface area contributed by atoms with Crippen molar-refractivity contribution < 1.29 is 4.74 Å². The van der Waals surface area contributed by atoms with Crippen LogP contribution in [0, 0.1) is 13.8 Å². The van der Waals surface area contributed by atoms with Crippen molar-refractivity contribution in [3.63, 3.8) is 0 Å². The Balaban J connectivity index is 2.35. The Labute approximate surface area is 106 Å². The van der Waals surface area contributed by atoms with E-state index < -0.39 is 0 Å². The minimum absolute atomic E-state index is 0.511. The van der Waals surface area contributed by atoms with Crippen molar-refractivity contribution in [3.8, 4) is 11.5 Å². The lowest BCUT2D eigenvalue weighted by Gasteiger charge is -2.11. The van der Waals surface area contributed by atoms with Gasteiger partial charge in [0.1, 0.15) is 5.75 Å². The van der Waals surface area contributed by atoms with Gasteiger partial charge in [0.2, 0.25) is 0 Å². The van der Waals surface area contributed by atoms with Gasteiger partial charge in [0.25, 0.3) is 0 Å². The van der Waals surface area contributed by atoms with Crippen molar-refractivity contribution >= 4 is 17.3 Å². The van der Waals surface area contributed by atoms with E-state index in [1.54, 1.807) is 18.2 Å². The Morgan fingerprint density at radius 1 is 1.06 bits per heavy atom. The van der Waals surface area contributed by atoms with Crippen LogP contribution in [0.4, 0.5) is 5.69 Å². The minimum Gasteiger partial charge on any atom is -0.454 e. The number of aryl methyl sites for hydroxylation is 2. The third kappa shape index (κ3) is 2.53. The molecule has 2 nitrogen and oxygen atoms in total. The number of anilines is 1. The van der Waals surface area contributed by atoms with Gasteiger partial charge >= 0.3 is 0 Å². The average molecular weight is 248 g/mol. The number of hydrogen-bond donors (Lipinski definition) is 1. The first-order valence-electron chi connectivity index (χ1n) is 5.37. The maximum atomic E-state index is 6.05. The van der Waals surface area contributed by atoms with Gasteiger partial charge in [0.05, 0.1) is 10.7 Å². The molecule has 0 aromatic heterocycles. The summed E-state index contributed by atoms with van der Waals surface area (Å²) < 4.78 is 5.72. The van der Waals surface area contributed by atoms with Crippen LogP contribution in [-0.4, -0.2) is 0 Å². The van der Waals surface area contributed by atoms with Gasteiger partial charge in [0, 0.05) is 0 Å². The van der Waals surface area contributed by atoms with Crippen molar-refractivity contribution in [3.05, 3.63) is 52.5 Å². The maximum absolute atomic E-state index is 6.05. The molecule has 0 saturated heterocycles. The smallest absolute Gasteiger partial charge is 0.168 e. The van der Waals surface area contributed by atoms with Gasteiger partial charge in [-0.1, -0.05) is 23.7 Å². The van der Waals surface area contributed by atoms with Gasteiger partial charge in [-0.2, -0.15) is 0 Å². The molecule has 0 spiro atoms. The largest absolute Gasteiger partial charge is 0.454 e. The molecule has 2 N–H and O–H groups in total. The molecule has 0 aliphatic carbocycles. The summed E-state index contributed by atoms with van der Waals surface area (Å²) in [5.74, 6) is 1.25. The Kier molecular flexibility index (Phi) is 3.25. The molecule has 2 aromatic carbocycles. The van der Waals surface area contributed by atoms with E-state index >= 15 is 0 Å². The number of halogens is 1. The molecular formula is C14H14ClNO. The van der Waals surface area contributed by atoms with Crippen LogP contribution in [0.5, 0.6) is 11.5 Å². The van der Waals surface area contributed by atoms with Gasteiger partial charge in [-0.05, 0) is 49.2 Å². The van der Waals surface area contributed by atoms with Crippen molar-refractivity contribution in [1.82, 2.24) is 0 Å². The average Bonchev–Trinajstić information content (AvgIpc) is 2.28. The van der Waals surface area contributed by atoms with E-state index in [0.29, 0.717) is 16.5 Å². The lowest BCUT2D eigenvalue weighted by atomic mass is 10.1. The first-order chi connectivity index (χ1) is 8.08. The normalized spacial score (nSPS) is 10.3. The Hall–Kier alpha value is -1.67. The first-order valence-corrected chi connectivity index (χ1v) is 5.75. The highest BCUT2D eigenvalue weighted by molar-refractivity contribution is 6.32. The van der Waals surface area contributed by atoms with E-state index in [1.165, 1.54) is 11.1 Å². The molecule has 0 unspecified atom stereocenters. The maximum Gasteiger partial charge on any atom is 0.168 e. The molecule has 0 aliphatic heterocycles. The number of nitrogens with two attached hydrogens (primary N) is 1.